The Morgan fingerprint density at radius 2 is 2.06 bits per heavy atom. The topological polar surface area (TPSA) is 113 Å². The van der Waals surface area contributed by atoms with Crippen LogP contribution in [0.3, 0.4) is 0 Å². The zero-order valence-electron chi connectivity index (χ0n) is 9.14. The number of benzene rings is 1. The number of phenolic OH excluding ortho intramolecular Hbond substituents is 1. The number of carbonyl (C=O) groups excluding carboxylic acids is 1. The molecule has 0 aromatic heterocycles. The summed E-state index contributed by atoms with van der Waals surface area (Å²) in [7, 11) is 0. The molecule has 0 saturated heterocycles. The fourth-order valence-electron chi connectivity index (χ4n) is 1.29. The van der Waals surface area contributed by atoms with Gasteiger partial charge in [0.05, 0.1) is 11.3 Å². The molecule has 0 aliphatic carbocycles. The molecule has 6 heteroatoms. The van der Waals surface area contributed by atoms with Gasteiger partial charge in [0.25, 0.3) is 0 Å². The Balaban J connectivity index is 2.83. The van der Waals surface area contributed by atoms with Gasteiger partial charge in [-0.3, -0.25) is 4.79 Å². The molecule has 0 heterocycles. The highest BCUT2D eigenvalue weighted by Gasteiger charge is 2.12. The van der Waals surface area contributed by atoms with Gasteiger partial charge in [-0.15, -0.1) is 0 Å². The van der Waals surface area contributed by atoms with E-state index in [2.05, 4.69) is 5.32 Å². The minimum atomic E-state index is -1.21. The number of aromatic hydroxyl groups is 1. The van der Waals surface area contributed by atoms with Crippen LogP contribution < -0.4 is 11.1 Å². The summed E-state index contributed by atoms with van der Waals surface area (Å²) in [6, 6.07) is 3.74. The number of nitrogens with two attached hydrogens (primary N) is 1. The molecular weight excluding hydrogens is 224 g/mol. The maximum atomic E-state index is 11.4. The van der Waals surface area contributed by atoms with Crippen LogP contribution in [-0.4, -0.2) is 28.6 Å². The third kappa shape index (κ3) is 3.76. The highest BCUT2D eigenvalue weighted by Crippen LogP contribution is 2.21. The molecule has 0 aliphatic rings. The number of amides is 1. The average molecular weight is 238 g/mol. The first kappa shape index (κ1) is 13.0. The molecule has 1 amide bonds. The fourth-order valence-corrected chi connectivity index (χ4v) is 1.29. The molecule has 5 N–H and O–H groups in total. The van der Waals surface area contributed by atoms with Gasteiger partial charge in [-0.1, -0.05) is 0 Å². The van der Waals surface area contributed by atoms with Gasteiger partial charge in [0.15, 0.2) is 0 Å². The van der Waals surface area contributed by atoms with Crippen LogP contribution in [0.4, 0.5) is 5.69 Å². The first-order valence-corrected chi connectivity index (χ1v) is 5.11. The quantitative estimate of drug-likeness (QED) is 0.566. The van der Waals surface area contributed by atoms with Crippen molar-refractivity contribution in [2.75, 3.05) is 11.9 Å². The lowest BCUT2D eigenvalue weighted by atomic mass is 10.1. The standard InChI is InChI=1S/C11H14N2O4/c12-5-1-2-10(15)13-9-4-3-7(14)6-8(9)11(16)17/h3-4,6,14H,1-2,5,12H2,(H,13,15)(H,16,17). The molecule has 1 rings (SSSR count). The van der Waals surface area contributed by atoms with Gasteiger partial charge in [-0.05, 0) is 31.2 Å². The molecule has 0 spiro atoms. The number of carbonyl (C=O) groups is 2. The third-order valence-corrected chi connectivity index (χ3v) is 2.12. The molecule has 0 bridgehead atoms. The van der Waals surface area contributed by atoms with Crippen molar-refractivity contribution in [1.82, 2.24) is 0 Å². The largest absolute Gasteiger partial charge is 0.508 e. The van der Waals surface area contributed by atoms with Crippen molar-refractivity contribution in [3.63, 3.8) is 0 Å². The summed E-state index contributed by atoms with van der Waals surface area (Å²) < 4.78 is 0. The van der Waals surface area contributed by atoms with Gasteiger partial charge >= 0.3 is 5.97 Å². The van der Waals surface area contributed by atoms with Gasteiger partial charge in [0.2, 0.25) is 5.91 Å². The van der Waals surface area contributed by atoms with E-state index in [0.29, 0.717) is 13.0 Å². The number of hydrogen-bond acceptors (Lipinski definition) is 4. The van der Waals surface area contributed by atoms with E-state index in [1.54, 1.807) is 0 Å². The molecule has 0 unspecified atom stereocenters. The predicted molar refractivity (Wildman–Crippen MR) is 62.0 cm³/mol. The second kappa shape index (κ2) is 5.86. The van der Waals surface area contributed by atoms with Crippen LogP contribution in [0.2, 0.25) is 0 Å². The van der Waals surface area contributed by atoms with E-state index in [-0.39, 0.29) is 29.3 Å². The zero-order valence-corrected chi connectivity index (χ0v) is 9.14. The Labute approximate surface area is 98.1 Å². The summed E-state index contributed by atoms with van der Waals surface area (Å²) in [6.07, 6.45) is 0.767. The molecule has 0 atom stereocenters. The first-order valence-electron chi connectivity index (χ1n) is 5.11. The number of anilines is 1. The molecule has 0 aliphatic heterocycles. The highest BCUT2D eigenvalue weighted by atomic mass is 16.4. The van der Waals surface area contributed by atoms with Crippen LogP contribution in [0, 0.1) is 0 Å². The molecule has 17 heavy (non-hydrogen) atoms. The fraction of sp³-hybridized carbons (Fsp3) is 0.273. The number of carboxylic acid groups (broad SMARTS) is 1. The lowest BCUT2D eigenvalue weighted by Gasteiger charge is -2.08. The van der Waals surface area contributed by atoms with E-state index in [1.807, 2.05) is 0 Å². The summed E-state index contributed by atoms with van der Waals surface area (Å²) >= 11 is 0. The minimum absolute atomic E-state index is 0.147. The van der Waals surface area contributed by atoms with Crippen LogP contribution in [0.5, 0.6) is 5.75 Å². The van der Waals surface area contributed by atoms with Crippen LogP contribution in [-0.2, 0) is 4.79 Å². The van der Waals surface area contributed by atoms with E-state index in [0.717, 1.165) is 6.07 Å². The van der Waals surface area contributed by atoms with Crippen LogP contribution in [0.1, 0.15) is 23.2 Å². The summed E-state index contributed by atoms with van der Waals surface area (Å²) in [5.74, 6) is -1.68. The average Bonchev–Trinajstić information content (AvgIpc) is 2.28. The molecule has 0 radical (unpaired) electrons. The maximum Gasteiger partial charge on any atom is 0.337 e. The Morgan fingerprint density at radius 3 is 2.65 bits per heavy atom. The van der Waals surface area contributed by atoms with Crippen LogP contribution in [0.25, 0.3) is 0 Å². The van der Waals surface area contributed by atoms with Crippen LogP contribution >= 0.6 is 0 Å². The summed E-state index contributed by atoms with van der Waals surface area (Å²) in [6.45, 7) is 0.398. The van der Waals surface area contributed by atoms with Gasteiger partial charge in [-0.25, -0.2) is 4.79 Å². The molecular formula is C11H14N2O4. The minimum Gasteiger partial charge on any atom is -0.508 e. The number of aromatic carboxylic acids is 1. The second-order valence-electron chi connectivity index (χ2n) is 3.48. The number of carboxylic acids is 1. The Morgan fingerprint density at radius 1 is 1.35 bits per heavy atom. The van der Waals surface area contributed by atoms with Gasteiger partial charge < -0.3 is 21.3 Å². The van der Waals surface area contributed by atoms with Gasteiger partial charge in [0.1, 0.15) is 5.75 Å². The first-order chi connectivity index (χ1) is 8.04. The van der Waals surface area contributed by atoms with Crippen LogP contribution in [0.15, 0.2) is 18.2 Å². The van der Waals surface area contributed by atoms with Crippen molar-refractivity contribution in [3.8, 4) is 5.75 Å². The highest BCUT2D eigenvalue weighted by molar-refractivity contribution is 6.00. The van der Waals surface area contributed by atoms with Gasteiger partial charge in [-0.2, -0.15) is 0 Å². The number of phenols is 1. The molecule has 0 fully saturated rings. The SMILES string of the molecule is NCCCC(=O)Nc1ccc(O)cc1C(=O)O. The summed E-state index contributed by atoms with van der Waals surface area (Å²) in [5.41, 5.74) is 5.28. The third-order valence-electron chi connectivity index (χ3n) is 2.12. The number of rotatable bonds is 5. The molecule has 1 aromatic carbocycles. The van der Waals surface area contributed by atoms with Crippen molar-refractivity contribution in [3.05, 3.63) is 23.8 Å². The van der Waals surface area contributed by atoms with Crippen molar-refractivity contribution in [1.29, 1.82) is 0 Å². The molecule has 92 valence electrons. The number of hydrogen-bond donors (Lipinski definition) is 4. The van der Waals surface area contributed by atoms with Crippen molar-refractivity contribution in [2.24, 2.45) is 5.73 Å². The monoisotopic (exact) mass is 238 g/mol. The van der Waals surface area contributed by atoms with Crippen molar-refractivity contribution < 1.29 is 19.8 Å². The predicted octanol–water partition coefficient (Wildman–Crippen LogP) is 0.768. The molecule has 1 aromatic rings. The molecule has 0 saturated carbocycles. The van der Waals surface area contributed by atoms with E-state index in [9.17, 15) is 9.59 Å². The second-order valence-corrected chi connectivity index (χ2v) is 3.48. The van der Waals surface area contributed by atoms with Crippen molar-refractivity contribution in [2.45, 2.75) is 12.8 Å². The number of nitrogens with one attached hydrogen (secondary N) is 1. The Kier molecular flexibility index (Phi) is 4.47. The van der Waals surface area contributed by atoms with Crippen molar-refractivity contribution >= 4 is 17.6 Å². The Hall–Kier alpha value is -2.08. The summed E-state index contributed by atoms with van der Waals surface area (Å²) in [4.78, 5) is 22.3. The summed E-state index contributed by atoms with van der Waals surface area (Å²) in [5, 5.41) is 20.5. The zero-order chi connectivity index (χ0) is 12.8. The maximum absolute atomic E-state index is 11.4. The smallest absolute Gasteiger partial charge is 0.337 e. The lowest BCUT2D eigenvalue weighted by Crippen LogP contribution is -2.15. The van der Waals surface area contributed by atoms with E-state index < -0.39 is 5.97 Å². The van der Waals surface area contributed by atoms with Gasteiger partial charge in [0, 0.05) is 6.42 Å². The van der Waals surface area contributed by atoms with E-state index >= 15 is 0 Å². The normalized spacial score (nSPS) is 9.94. The Bertz CT molecular complexity index is 431. The van der Waals surface area contributed by atoms with E-state index in [4.69, 9.17) is 15.9 Å². The van der Waals surface area contributed by atoms with E-state index in [1.165, 1.54) is 12.1 Å². The molecule has 6 nitrogen and oxygen atoms in total. The lowest BCUT2D eigenvalue weighted by molar-refractivity contribution is -0.116.